The van der Waals surface area contributed by atoms with Gasteiger partial charge in [0.15, 0.2) is 16.6 Å². The van der Waals surface area contributed by atoms with E-state index < -0.39 is 0 Å². The van der Waals surface area contributed by atoms with Gasteiger partial charge >= 0.3 is 0 Å². The molecule has 2 aromatic carbocycles. The number of methoxy groups -OCH3 is 2. The molecule has 1 atom stereocenters. The van der Waals surface area contributed by atoms with Gasteiger partial charge in [-0.15, -0.1) is 0 Å². The third kappa shape index (κ3) is 4.75. The molecule has 156 valence electrons. The number of nitrogens with zero attached hydrogens (tertiary/aromatic N) is 1. The van der Waals surface area contributed by atoms with E-state index in [1.54, 1.807) is 14.2 Å². The van der Waals surface area contributed by atoms with Gasteiger partial charge in [0.25, 0.3) is 0 Å². The minimum Gasteiger partial charge on any atom is -0.493 e. The van der Waals surface area contributed by atoms with E-state index in [-0.39, 0.29) is 6.04 Å². The van der Waals surface area contributed by atoms with Crippen LogP contribution in [0.2, 0.25) is 0 Å². The molecule has 6 heteroatoms. The molecule has 0 radical (unpaired) electrons. The third-order valence-corrected chi connectivity index (χ3v) is 5.57. The molecule has 29 heavy (non-hydrogen) atoms. The molecule has 0 saturated carbocycles. The minimum absolute atomic E-state index is 0.00840. The highest BCUT2D eigenvalue weighted by molar-refractivity contribution is 7.80. The molecule has 1 heterocycles. The lowest BCUT2D eigenvalue weighted by molar-refractivity contribution is 0.187. The maximum Gasteiger partial charge on any atom is 0.169 e. The SMILES string of the molecule is CCNC(=S)N1CCc2cc(OC)c(OC)cc2[C@@H]1COc1cc(C)cc(C)c1. The van der Waals surface area contributed by atoms with Crippen molar-refractivity contribution < 1.29 is 14.2 Å². The summed E-state index contributed by atoms with van der Waals surface area (Å²) >= 11 is 5.66. The molecule has 1 aliphatic rings. The van der Waals surface area contributed by atoms with Gasteiger partial charge in [0.05, 0.1) is 20.3 Å². The number of rotatable bonds is 6. The fourth-order valence-corrected chi connectivity index (χ4v) is 4.26. The smallest absolute Gasteiger partial charge is 0.169 e. The molecule has 5 nitrogen and oxygen atoms in total. The summed E-state index contributed by atoms with van der Waals surface area (Å²) in [6, 6.07) is 10.4. The lowest BCUT2D eigenvalue weighted by atomic mass is 9.92. The third-order valence-electron chi connectivity index (χ3n) is 5.19. The highest BCUT2D eigenvalue weighted by Crippen LogP contribution is 2.38. The molecular weight excluding hydrogens is 384 g/mol. The topological polar surface area (TPSA) is 43.0 Å². The largest absolute Gasteiger partial charge is 0.493 e. The molecule has 0 bridgehead atoms. The van der Waals surface area contributed by atoms with Crippen molar-refractivity contribution in [1.29, 1.82) is 0 Å². The van der Waals surface area contributed by atoms with E-state index in [1.165, 1.54) is 22.3 Å². The first-order chi connectivity index (χ1) is 14.0. The Morgan fingerprint density at radius 3 is 2.34 bits per heavy atom. The molecule has 0 amide bonds. The zero-order chi connectivity index (χ0) is 21.0. The molecule has 0 fully saturated rings. The van der Waals surface area contributed by atoms with E-state index in [9.17, 15) is 0 Å². The Bertz CT molecular complexity index is 864. The summed E-state index contributed by atoms with van der Waals surface area (Å²) in [6.45, 7) is 8.34. The molecule has 3 rings (SSSR count). The maximum atomic E-state index is 6.25. The van der Waals surface area contributed by atoms with Crippen molar-refractivity contribution in [3.8, 4) is 17.2 Å². The Morgan fingerprint density at radius 2 is 1.72 bits per heavy atom. The highest BCUT2D eigenvalue weighted by Gasteiger charge is 2.31. The molecule has 0 unspecified atom stereocenters. The second-order valence-corrected chi connectivity index (χ2v) is 7.72. The molecule has 0 aromatic heterocycles. The summed E-state index contributed by atoms with van der Waals surface area (Å²) in [7, 11) is 3.33. The van der Waals surface area contributed by atoms with Crippen LogP contribution in [-0.2, 0) is 6.42 Å². The Labute approximate surface area is 179 Å². The normalized spacial score (nSPS) is 15.5. The summed E-state index contributed by atoms with van der Waals surface area (Å²) in [5.41, 5.74) is 4.79. The van der Waals surface area contributed by atoms with Crippen LogP contribution in [0, 0.1) is 13.8 Å². The van der Waals surface area contributed by atoms with Crippen molar-refractivity contribution in [2.24, 2.45) is 0 Å². The first-order valence-corrected chi connectivity index (χ1v) is 10.4. The van der Waals surface area contributed by atoms with Crippen molar-refractivity contribution in [3.05, 3.63) is 52.6 Å². The van der Waals surface area contributed by atoms with Crippen molar-refractivity contribution in [3.63, 3.8) is 0 Å². The van der Waals surface area contributed by atoms with Crippen LogP contribution < -0.4 is 19.5 Å². The van der Waals surface area contributed by atoms with Crippen LogP contribution in [0.25, 0.3) is 0 Å². The number of aryl methyl sites for hydroxylation is 2. The number of hydrogen-bond acceptors (Lipinski definition) is 4. The number of ether oxygens (including phenoxy) is 3. The average Bonchev–Trinajstić information content (AvgIpc) is 2.70. The molecule has 0 aliphatic carbocycles. The fraction of sp³-hybridized carbons (Fsp3) is 0.435. The van der Waals surface area contributed by atoms with Crippen LogP contribution in [0.1, 0.15) is 35.2 Å². The lowest BCUT2D eigenvalue weighted by Crippen LogP contribution is -2.47. The monoisotopic (exact) mass is 414 g/mol. The van der Waals surface area contributed by atoms with Gasteiger partial charge in [0.1, 0.15) is 12.4 Å². The van der Waals surface area contributed by atoms with Crippen LogP contribution in [-0.4, -0.2) is 43.9 Å². The number of thiocarbonyl (C=S) groups is 1. The number of benzene rings is 2. The summed E-state index contributed by atoms with van der Waals surface area (Å²) in [4.78, 5) is 2.22. The standard InChI is InChI=1S/C23H30N2O3S/c1-6-24-23(29)25-8-7-17-12-21(26-4)22(27-5)13-19(17)20(25)14-28-18-10-15(2)9-16(3)11-18/h9-13,20H,6-8,14H2,1-5H3,(H,24,29)/t20-/m0/s1. The number of nitrogens with one attached hydrogen (secondary N) is 1. The van der Waals surface area contributed by atoms with Gasteiger partial charge in [-0.3, -0.25) is 0 Å². The molecule has 0 spiro atoms. The summed E-state index contributed by atoms with van der Waals surface area (Å²) < 4.78 is 17.3. The van der Waals surface area contributed by atoms with E-state index >= 15 is 0 Å². The van der Waals surface area contributed by atoms with E-state index in [0.29, 0.717) is 6.61 Å². The van der Waals surface area contributed by atoms with Crippen LogP contribution in [0.4, 0.5) is 0 Å². The van der Waals surface area contributed by atoms with Crippen molar-refractivity contribution >= 4 is 17.3 Å². The van der Waals surface area contributed by atoms with Crippen LogP contribution in [0.3, 0.4) is 0 Å². The minimum atomic E-state index is -0.00840. The molecule has 2 aromatic rings. The van der Waals surface area contributed by atoms with Gasteiger partial charge < -0.3 is 24.4 Å². The van der Waals surface area contributed by atoms with Gasteiger partial charge in [0, 0.05) is 13.1 Å². The highest BCUT2D eigenvalue weighted by atomic mass is 32.1. The second-order valence-electron chi connectivity index (χ2n) is 7.34. The van der Waals surface area contributed by atoms with E-state index in [1.807, 2.05) is 0 Å². The average molecular weight is 415 g/mol. The van der Waals surface area contributed by atoms with Gasteiger partial charge in [-0.2, -0.15) is 0 Å². The van der Waals surface area contributed by atoms with Crippen molar-refractivity contribution in [2.45, 2.75) is 33.2 Å². The zero-order valence-electron chi connectivity index (χ0n) is 17.9. The van der Waals surface area contributed by atoms with Gasteiger partial charge in [-0.25, -0.2) is 0 Å². The van der Waals surface area contributed by atoms with E-state index in [4.69, 9.17) is 26.4 Å². The fourth-order valence-electron chi connectivity index (χ4n) is 3.90. The van der Waals surface area contributed by atoms with Gasteiger partial charge in [-0.05, 0) is 85.9 Å². The van der Waals surface area contributed by atoms with E-state index in [2.05, 4.69) is 61.3 Å². The molecule has 1 aliphatic heterocycles. The number of fused-ring (bicyclic) bond motifs is 1. The molecular formula is C23H30N2O3S. The van der Waals surface area contributed by atoms with Crippen LogP contribution in [0.15, 0.2) is 30.3 Å². The second kappa shape index (κ2) is 9.35. The van der Waals surface area contributed by atoms with Gasteiger partial charge in [0.2, 0.25) is 0 Å². The quantitative estimate of drug-likeness (QED) is 0.715. The summed E-state index contributed by atoms with van der Waals surface area (Å²) in [5.74, 6) is 2.35. The molecule has 1 N–H and O–H groups in total. The number of hydrogen-bond donors (Lipinski definition) is 1. The Balaban J connectivity index is 1.95. The maximum absolute atomic E-state index is 6.25. The first kappa shape index (κ1) is 21.2. The lowest BCUT2D eigenvalue weighted by Gasteiger charge is -2.39. The predicted molar refractivity (Wildman–Crippen MR) is 120 cm³/mol. The Kier molecular flexibility index (Phi) is 6.85. The zero-order valence-corrected chi connectivity index (χ0v) is 18.7. The van der Waals surface area contributed by atoms with E-state index in [0.717, 1.165) is 41.9 Å². The summed E-state index contributed by atoms with van der Waals surface area (Å²) in [6.07, 6.45) is 0.890. The van der Waals surface area contributed by atoms with Crippen molar-refractivity contribution in [1.82, 2.24) is 10.2 Å². The van der Waals surface area contributed by atoms with Crippen molar-refractivity contribution in [2.75, 3.05) is 33.9 Å². The first-order valence-electron chi connectivity index (χ1n) is 9.97. The Morgan fingerprint density at radius 1 is 1.07 bits per heavy atom. The Hall–Kier alpha value is -2.47. The predicted octanol–water partition coefficient (Wildman–Crippen LogP) is 4.19. The summed E-state index contributed by atoms with van der Waals surface area (Å²) in [5, 5.41) is 4.04. The van der Waals surface area contributed by atoms with Crippen LogP contribution >= 0.6 is 12.2 Å². The van der Waals surface area contributed by atoms with Crippen LogP contribution in [0.5, 0.6) is 17.2 Å². The molecule has 0 saturated heterocycles. The van der Waals surface area contributed by atoms with Gasteiger partial charge in [-0.1, -0.05) is 6.07 Å².